The van der Waals surface area contributed by atoms with Crippen molar-refractivity contribution in [3.05, 3.63) is 65.5 Å². The highest BCUT2D eigenvalue weighted by atomic mass is 35.5. The quantitative estimate of drug-likeness (QED) is 0.389. The van der Waals surface area contributed by atoms with Crippen LogP contribution >= 0.6 is 11.6 Å². The van der Waals surface area contributed by atoms with Gasteiger partial charge in [0.2, 0.25) is 10.0 Å². The molecular weight excluding hydrogens is 484 g/mol. The van der Waals surface area contributed by atoms with Gasteiger partial charge in [0.1, 0.15) is 12.1 Å². The molecule has 0 bridgehead atoms. The van der Waals surface area contributed by atoms with Crippen LogP contribution in [0, 0.1) is 0 Å². The fourth-order valence-corrected chi connectivity index (χ4v) is 6.70. The molecule has 0 atom stereocenters. The molecule has 2 aliphatic rings. The number of nitrogens with zero attached hydrogens (tertiary/aromatic N) is 6. The predicted molar refractivity (Wildman–Crippen MR) is 139 cm³/mol. The number of fused-ring (bicyclic) bond motifs is 3. The SMILES string of the molecule is CN(c1cccc(C2=CCN(S(=O)(=O)C3(C)CC3)CC2)c1)c1nc2nncn2c2cc(Cl)ccc12. The van der Waals surface area contributed by atoms with Crippen LogP contribution in [0.4, 0.5) is 11.5 Å². The molecule has 2 aromatic carbocycles. The summed E-state index contributed by atoms with van der Waals surface area (Å²) in [7, 11) is -1.26. The highest BCUT2D eigenvalue weighted by Crippen LogP contribution is 2.45. The van der Waals surface area contributed by atoms with Crippen LogP contribution in [0.5, 0.6) is 0 Å². The lowest BCUT2D eigenvalue weighted by atomic mass is 9.99. The average Bonchev–Trinajstić information content (AvgIpc) is 3.45. The van der Waals surface area contributed by atoms with Crippen LogP contribution in [0.15, 0.2) is 54.9 Å². The summed E-state index contributed by atoms with van der Waals surface area (Å²) >= 11 is 6.27. The molecule has 0 spiro atoms. The lowest BCUT2D eigenvalue weighted by Gasteiger charge is -2.29. The van der Waals surface area contributed by atoms with E-state index in [2.05, 4.69) is 22.3 Å². The van der Waals surface area contributed by atoms with Crippen LogP contribution in [0.3, 0.4) is 0 Å². The van der Waals surface area contributed by atoms with Gasteiger partial charge >= 0.3 is 0 Å². The number of halogens is 1. The number of anilines is 2. The Morgan fingerprint density at radius 3 is 2.71 bits per heavy atom. The molecule has 0 unspecified atom stereocenters. The standard InChI is InChI=1S/C25H25ClN6O2S/c1-25(10-11-25)35(33,34)31-12-8-17(9-13-31)18-4-3-5-20(14-18)30(2)23-21-7-6-19(26)15-22(21)32-16-27-29-24(32)28-23/h3-8,14-16H,9-13H2,1-2H3. The van der Waals surface area contributed by atoms with E-state index in [1.54, 1.807) is 10.6 Å². The molecule has 0 amide bonds. The molecule has 2 aromatic heterocycles. The number of aromatic nitrogens is 4. The van der Waals surface area contributed by atoms with Gasteiger partial charge in [-0.2, -0.15) is 9.29 Å². The van der Waals surface area contributed by atoms with E-state index in [-0.39, 0.29) is 0 Å². The van der Waals surface area contributed by atoms with E-state index in [1.165, 1.54) is 0 Å². The molecule has 0 N–H and O–H groups in total. The summed E-state index contributed by atoms with van der Waals surface area (Å²) in [6.07, 6.45) is 5.88. The molecule has 4 aromatic rings. The van der Waals surface area contributed by atoms with E-state index in [4.69, 9.17) is 16.6 Å². The Kier molecular flexibility index (Phi) is 5.14. The second-order valence-electron chi connectivity index (χ2n) is 9.50. The smallest absolute Gasteiger partial charge is 0.257 e. The molecule has 0 saturated heterocycles. The zero-order chi connectivity index (χ0) is 24.4. The van der Waals surface area contributed by atoms with Crippen LogP contribution in [0.1, 0.15) is 31.7 Å². The third kappa shape index (κ3) is 3.69. The van der Waals surface area contributed by atoms with Crippen molar-refractivity contribution >= 4 is 55.4 Å². The maximum absolute atomic E-state index is 12.9. The summed E-state index contributed by atoms with van der Waals surface area (Å²) < 4.78 is 28.7. The Morgan fingerprint density at radius 1 is 1.14 bits per heavy atom. The summed E-state index contributed by atoms with van der Waals surface area (Å²) in [5, 5.41) is 9.71. The number of hydrogen-bond donors (Lipinski definition) is 0. The largest absolute Gasteiger partial charge is 0.329 e. The third-order valence-electron chi connectivity index (χ3n) is 7.21. The van der Waals surface area contributed by atoms with Crippen molar-refractivity contribution in [2.45, 2.75) is 30.9 Å². The van der Waals surface area contributed by atoms with Gasteiger partial charge in [0.05, 0.1) is 10.3 Å². The summed E-state index contributed by atoms with van der Waals surface area (Å²) in [6, 6.07) is 13.9. The minimum atomic E-state index is -3.24. The normalized spacial score (nSPS) is 18.1. The summed E-state index contributed by atoms with van der Waals surface area (Å²) in [6.45, 7) is 2.79. The fourth-order valence-electron chi connectivity index (χ4n) is 4.69. The maximum Gasteiger partial charge on any atom is 0.257 e. The zero-order valence-corrected chi connectivity index (χ0v) is 21.1. The van der Waals surface area contributed by atoms with E-state index >= 15 is 0 Å². The second-order valence-corrected chi connectivity index (χ2v) is 12.4. The predicted octanol–water partition coefficient (Wildman–Crippen LogP) is 4.67. The summed E-state index contributed by atoms with van der Waals surface area (Å²) in [5.41, 5.74) is 4.09. The first-order valence-corrected chi connectivity index (χ1v) is 13.4. The molecule has 6 rings (SSSR count). The minimum absolute atomic E-state index is 0.420. The van der Waals surface area contributed by atoms with Gasteiger partial charge in [0.15, 0.2) is 0 Å². The Morgan fingerprint density at radius 2 is 1.97 bits per heavy atom. The Hall–Kier alpha value is -3.01. The number of rotatable bonds is 5. The van der Waals surface area contributed by atoms with Crippen molar-refractivity contribution in [2.75, 3.05) is 25.0 Å². The van der Waals surface area contributed by atoms with Gasteiger partial charge in [0, 0.05) is 36.2 Å². The molecule has 1 fully saturated rings. The second kappa shape index (κ2) is 8.01. The van der Waals surface area contributed by atoms with Crippen molar-refractivity contribution in [3.63, 3.8) is 0 Å². The lowest BCUT2D eigenvalue weighted by Crippen LogP contribution is -2.41. The van der Waals surface area contributed by atoms with Gasteiger partial charge in [-0.1, -0.05) is 29.8 Å². The third-order valence-corrected chi connectivity index (χ3v) is 10.1. The van der Waals surface area contributed by atoms with Crippen LogP contribution in [-0.2, 0) is 10.0 Å². The molecule has 3 heterocycles. The van der Waals surface area contributed by atoms with Crippen molar-refractivity contribution in [2.24, 2.45) is 0 Å². The fraction of sp³-hybridized carbons (Fsp3) is 0.320. The van der Waals surface area contributed by atoms with Gasteiger partial charge in [-0.05, 0) is 67.7 Å². The Bertz CT molecular complexity index is 1610. The van der Waals surface area contributed by atoms with Gasteiger partial charge in [-0.3, -0.25) is 4.40 Å². The van der Waals surface area contributed by atoms with Crippen LogP contribution in [0.2, 0.25) is 5.02 Å². The highest BCUT2D eigenvalue weighted by molar-refractivity contribution is 7.90. The van der Waals surface area contributed by atoms with E-state index in [0.717, 1.165) is 46.4 Å². The van der Waals surface area contributed by atoms with Crippen LogP contribution < -0.4 is 4.90 Å². The van der Waals surface area contributed by atoms with E-state index in [1.807, 2.05) is 59.7 Å². The van der Waals surface area contributed by atoms with E-state index < -0.39 is 14.8 Å². The molecule has 1 aliphatic carbocycles. The first-order chi connectivity index (χ1) is 16.8. The lowest BCUT2D eigenvalue weighted by molar-refractivity contribution is 0.431. The number of benzene rings is 2. The van der Waals surface area contributed by atoms with Gasteiger partial charge in [-0.25, -0.2) is 8.42 Å². The van der Waals surface area contributed by atoms with Crippen molar-refractivity contribution in [1.29, 1.82) is 0 Å². The van der Waals surface area contributed by atoms with Crippen molar-refractivity contribution in [3.8, 4) is 0 Å². The highest BCUT2D eigenvalue weighted by Gasteiger charge is 2.52. The number of hydrogen-bond acceptors (Lipinski definition) is 6. The maximum atomic E-state index is 12.9. The van der Waals surface area contributed by atoms with Gasteiger partial charge in [0.25, 0.3) is 5.78 Å². The first kappa shape index (κ1) is 22.5. The molecule has 1 aliphatic heterocycles. The molecule has 1 saturated carbocycles. The molecule has 180 valence electrons. The molecule has 0 radical (unpaired) electrons. The molecule has 10 heteroatoms. The monoisotopic (exact) mass is 508 g/mol. The topological polar surface area (TPSA) is 83.7 Å². The van der Waals surface area contributed by atoms with Crippen molar-refractivity contribution < 1.29 is 8.42 Å². The number of sulfonamides is 1. The average molecular weight is 509 g/mol. The van der Waals surface area contributed by atoms with Crippen LogP contribution in [0.25, 0.3) is 22.3 Å². The summed E-state index contributed by atoms with van der Waals surface area (Å²) in [4.78, 5) is 6.79. The molecule has 35 heavy (non-hydrogen) atoms. The van der Waals surface area contributed by atoms with Crippen molar-refractivity contribution in [1.82, 2.24) is 23.9 Å². The molecular formula is C25H25ClN6O2S. The van der Waals surface area contributed by atoms with Gasteiger partial charge < -0.3 is 4.90 Å². The van der Waals surface area contributed by atoms with E-state index in [9.17, 15) is 8.42 Å². The first-order valence-electron chi connectivity index (χ1n) is 11.6. The van der Waals surface area contributed by atoms with Crippen LogP contribution in [-0.4, -0.2) is 57.2 Å². The zero-order valence-electron chi connectivity index (χ0n) is 19.5. The Labute approximate surface area is 208 Å². The van der Waals surface area contributed by atoms with Gasteiger partial charge in [-0.15, -0.1) is 10.2 Å². The molecule has 8 nitrogen and oxygen atoms in total. The minimum Gasteiger partial charge on any atom is -0.329 e. The Balaban J connectivity index is 1.33. The van der Waals surface area contributed by atoms with E-state index in [0.29, 0.717) is 30.3 Å². The summed E-state index contributed by atoms with van der Waals surface area (Å²) in [5.74, 6) is 1.25.